The minimum atomic E-state index is -0.459. The molecule has 0 saturated heterocycles. The summed E-state index contributed by atoms with van der Waals surface area (Å²) in [6.45, 7) is 4.52. The molecule has 2 aromatic carbocycles. The van der Waals surface area contributed by atoms with Crippen LogP contribution in [0.1, 0.15) is 31.1 Å². The minimum Gasteiger partial charge on any atom is -0.494 e. The van der Waals surface area contributed by atoms with Crippen LogP contribution in [0.25, 0.3) is 0 Å². The molecule has 2 heterocycles. The molecule has 9 nitrogen and oxygen atoms in total. The first kappa shape index (κ1) is 20.5. The lowest BCUT2D eigenvalue weighted by Gasteiger charge is -2.16. The summed E-state index contributed by atoms with van der Waals surface area (Å²) in [6.07, 6.45) is 1.09. The number of carbonyl (C=O) groups is 1. The molecule has 31 heavy (non-hydrogen) atoms. The number of fused-ring (bicyclic) bond motifs is 1. The Hall–Kier alpha value is -3.75. The van der Waals surface area contributed by atoms with E-state index >= 15 is 0 Å². The molecular formula is C22H23N3O6. The third-order valence-corrected chi connectivity index (χ3v) is 4.96. The van der Waals surface area contributed by atoms with Crippen LogP contribution >= 0.6 is 0 Å². The van der Waals surface area contributed by atoms with Gasteiger partial charge in [0, 0.05) is 5.56 Å². The van der Waals surface area contributed by atoms with Gasteiger partial charge in [-0.2, -0.15) is 5.10 Å². The molecule has 4 rings (SSSR count). The molecule has 0 aliphatic carbocycles. The van der Waals surface area contributed by atoms with E-state index in [-0.39, 0.29) is 18.4 Å². The summed E-state index contributed by atoms with van der Waals surface area (Å²) in [5.41, 5.74) is 4.36. The number of hydrogen-bond acceptors (Lipinski definition) is 8. The van der Waals surface area contributed by atoms with Crippen molar-refractivity contribution in [2.75, 3.05) is 20.5 Å². The van der Waals surface area contributed by atoms with Gasteiger partial charge in [0.25, 0.3) is 5.91 Å². The fourth-order valence-electron chi connectivity index (χ4n) is 3.38. The monoisotopic (exact) mass is 425 g/mol. The number of rotatable bonds is 7. The molecule has 1 amide bonds. The number of carbonyl (C=O) groups excluding carboxylic acids is 1. The summed E-state index contributed by atoms with van der Waals surface area (Å²) >= 11 is 0. The third-order valence-electron chi connectivity index (χ3n) is 4.96. The molecule has 2 atom stereocenters. The highest BCUT2D eigenvalue weighted by Gasteiger charge is 2.37. The molecule has 2 aliphatic rings. The number of ether oxygens (including phenoxy) is 4. The predicted octanol–water partition coefficient (Wildman–Crippen LogP) is 3.04. The van der Waals surface area contributed by atoms with Crippen molar-refractivity contribution in [1.29, 1.82) is 0 Å². The summed E-state index contributed by atoms with van der Waals surface area (Å²) in [6, 6.07) is 11.0. The standard InChI is InChI=1S/C22H23N3O6/c1-4-28-16-7-5-14(6-8-16)11-23-24-22(26)19-13(2)20(31-25-19)15-9-17(27-3)21-18(10-15)29-12-30-21/h5-11,13,20H,4,12H2,1-3H3,(H,24,26)/b23-11-/t13-,20-/m0/s1. The van der Waals surface area contributed by atoms with Crippen molar-refractivity contribution < 1.29 is 28.6 Å². The lowest BCUT2D eigenvalue weighted by Crippen LogP contribution is -2.31. The van der Waals surface area contributed by atoms with Crippen LogP contribution in [0.5, 0.6) is 23.0 Å². The van der Waals surface area contributed by atoms with Gasteiger partial charge in [-0.15, -0.1) is 0 Å². The van der Waals surface area contributed by atoms with Gasteiger partial charge in [0.15, 0.2) is 23.3 Å². The first-order chi connectivity index (χ1) is 15.1. The van der Waals surface area contributed by atoms with Gasteiger partial charge < -0.3 is 23.8 Å². The number of benzene rings is 2. The zero-order valence-electron chi connectivity index (χ0n) is 17.5. The number of methoxy groups -OCH3 is 1. The summed E-state index contributed by atoms with van der Waals surface area (Å²) in [4.78, 5) is 18.1. The van der Waals surface area contributed by atoms with Gasteiger partial charge in [-0.1, -0.05) is 12.1 Å². The smallest absolute Gasteiger partial charge is 0.289 e. The molecule has 0 saturated carbocycles. The molecule has 2 aromatic rings. The number of oxime groups is 1. The van der Waals surface area contributed by atoms with Crippen LogP contribution in [-0.2, 0) is 9.63 Å². The van der Waals surface area contributed by atoms with Gasteiger partial charge in [-0.25, -0.2) is 5.43 Å². The van der Waals surface area contributed by atoms with Crippen LogP contribution in [0.2, 0.25) is 0 Å². The Morgan fingerprint density at radius 3 is 2.84 bits per heavy atom. The van der Waals surface area contributed by atoms with E-state index in [2.05, 4.69) is 15.7 Å². The summed E-state index contributed by atoms with van der Waals surface area (Å²) in [7, 11) is 1.55. The van der Waals surface area contributed by atoms with E-state index in [0.717, 1.165) is 16.9 Å². The zero-order valence-corrected chi connectivity index (χ0v) is 17.5. The minimum absolute atomic E-state index is 0.132. The highest BCUT2D eigenvalue weighted by molar-refractivity contribution is 6.39. The molecule has 0 unspecified atom stereocenters. The van der Waals surface area contributed by atoms with Crippen LogP contribution in [0.15, 0.2) is 46.7 Å². The second-order valence-electron chi connectivity index (χ2n) is 6.95. The molecule has 0 bridgehead atoms. The van der Waals surface area contributed by atoms with Crippen molar-refractivity contribution in [1.82, 2.24) is 5.43 Å². The van der Waals surface area contributed by atoms with Gasteiger partial charge in [-0.3, -0.25) is 4.79 Å². The summed E-state index contributed by atoms with van der Waals surface area (Å²) in [5, 5.41) is 7.99. The van der Waals surface area contributed by atoms with Gasteiger partial charge in [0.05, 0.1) is 25.8 Å². The maximum absolute atomic E-state index is 12.5. The van der Waals surface area contributed by atoms with Crippen molar-refractivity contribution in [2.24, 2.45) is 16.2 Å². The Labute approximate surface area is 179 Å². The molecule has 9 heteroatoms. The van der Waals surface area contributed by atoms with Crippen LogP contribution in [-0.4, -0.2) is 38.3 Å². The molecule has 0 spiro atoms. The van der Waals surface area contributed by atoms with E-state index in [9.17, 15) is 4.79 Å². The van der Waals surface area contributed by atoms with Crippen molar-refractivity contribution in [2.45, 2.75) is 20.0 Å². The van der Waals surface area contributed by atoms with Crippen molar-refractivity contribution >= 4 is 17.8 Å². The van der Waals surface area contributed by atoms with Gasteiger partial charge in [0.1, 0.15) is 5.75 Å². The Bertz CT molecular complexity index is 1020. The fourth-order valence-corrected chi connectivity index (χ4v) is 3.38. The van der Waals surface area contributed by atoms with Crippen molar-refractivity contribution in [3.8, 4) is 23.0 Å². The predicted molar refractivity (Wildman–Crippen MR) is 113 cm³/mol. The molecule has 0 aromatic heterocycles. The lowest BCUT2D eigenvalue weighted by molar-refractivity contribution is -0.115. The third kappa shape index (κ3) is 4.25. The Morgan fingerprint density at radius 2 is 2.10 bits per heavy atom. The normalized spacial score (nSPS) is 19.1. The van der Waals surface area contributed by atoms with E-state index < -0.39 is 12.0 Å². The Morgan fingerprint density at radius 1 is 1.29 bits per heavy atom. The Balaban J connectivity index is 1.39. The highest BCUT2D eigenvalue weighted by atomic mass is 16.7. The van der Waals surface area contributed by atoms with E-state index in [1.807, 2.05) is 44.2 Å². The van der Waals surface area contributed by atoms with E-state index in [0.29, 0.717) is 23.9 Å². The molecule has 1 N–H and O–H groups in total. The molecule has 162 valence electrons. The number of amides is 1. The van der Waals surface area contributed by atoms with Crippen LogP contribution < -0.4 is 24.4 Å². The van der Waals surface area contributed by atoms with Crippen molar-refractivity contribution in [3.05, 3.63) is 47.5 Å². The summed E-state index contributed by atoms with van der Waals surface area (Å²) in [5.74, 6) is 1.72. The fraction of sp³-hybridized carbons (Fsp3) is 0.318. The zero-order chi connectivity index (χ0) is 21.8. The van der Waals surface area contributed by atoms with Gasteiger partial charge in [-0.05, 0) is 48.9 Å². The van der Waals surface area contributed by atoms with Crippen molar-refractivity contribution in [3.63, 3.8) is 0 Å². The first-order valence-electron chi connectivity index (χ1n) is 9.88. The number of nitrogens with one attached hydrogen (secondary N) is 1. The molecular weight excluding hydrogens is 402 g/mol. The first-order valence-corrected chi connectivity index (χ1v) is 9.88. The van der Waals surface area contributed by atoms with E-state index in [1.54, 1.807) is 19.4 Å². The number of hydrogen-bond donors (Lipinski definition) is 1. The number of nitrogens with zero attached hydrogens (tertiary/aromatic N) is 2. The summed E-state index contributed by atoms with van der Waals surface area (Å²) < 4.78 is 21.7. The van der Waals surface area contributed by atoms with E-state index in [4.69, 9.17) is 23.8 Å². The number of hydrazone groups is 1. The van der Waals surface area contributed by atoms with Crippen LogP contribution in [0, 0.1) is 5.92 Å². The Kier molecular flexibility index (Phi) is 5.92. The second-order valence-corrected chi connectivity index (χ2v) is 6.95. The average Bonchev–Trinajstić information content (AvgIpc) is 3.41. The lowest BCUT2D eigenvalue weighted by atomic mass is 9.93. The maximum atomic E-state index is 12.5. The van der Waals surface area contributed by atoms with Crippen LogP contribution in [0.3, 0.4) is 0 Å². The topological polar surface area (TPSA) is 100.0 Å². The molecule has 2 aliphatic heterocycles. The highest BCUT2D eigenvalue weighted by Crippen LogP contribution is 2.45. The average molecular weight is 425 g/mol. The SMILES string of the molecule is CCOc1ccc(/C=N\NC(=O)C2=NO[C@H](c3cc(OC)c4c(c3)OCO4)[C@H]2C)cc1. The largest absolute Gasteiger partial charge is 0.494 e. The van der Waals surface area contributed by atoms with Gasteiger partial charge >= 0.3 is 0 Å². The maximum Gasteiger partial charge on any atom is 0.289 e. The van der Waals surface area contributed by atoms with Gasteiger partial charge in [0.2, 0.25) is 12.5 Å². The molecule has 0 radical (unpaired) electrons. The second kappa shape index (κ2) is 8.95. The van der Waals surface area contributed by atoms with Crippen LogP contribution in [0.4, 0.5) is 0 Å². The quantitative estimate of drug-likeness (QED) is 0.541. The molecule has 0 fully saturated rings. The van der Waals surface area contributed by atoms with E-state index in [1.165, 1.54) is 0 Å².